The number of hydrogen-bond acceptors (Lipinski definition) is 4. The van der Waals surface area contributed by atoms with Crippen LogP contribution in [0, 0.1) is 13.8 Å². The van der Waals surface area contributed by atoms with Gasteiger partial charge >= 0.3 is 0 Å². The predicted octanol–water partition coefficient (Wildman–Crippen LogP) is 1.33. The Morgan fingerprint density at radius 1 is 1.38 bits per heavy atom. The Bertz CT molecular complexity index is 639. The summed E-state index contributed by atoms with van der Waals surface area (Å²) in [4.78, 5) is 13.6. The molecule has 1 saturated heterocycles. The fourth-order valence-corrected chi connectivity index (χ4v) is 4.26. The van der Waals surface area contributed by atoms with E-state index in [1.165, 1.54) is 4.90 Å². The lowest BCUT2D eigenvalue weighted by molar-refractivity contribution is -0.133. The van der Waals surface area contributed by atoms with E-state index in [-0.39, 0.29) is 30.1 Å². The minimum atomic E-state index is -2.99. The molecule has 1 aromatic carbocycles. The van der Waals surface area contributed by atoms with Crippen molar-refractivity contribution in [3.05, 3.63) is 29.3 Å². The van der Waals surface area contributed by atoms with Crippen molar-refractivity contribution in [2.75, 3.05) is 25.2 Å². The molecule has 1 fully saturated rings. The normalized spacial score (nSPS) is 20.2. The lowest BCUT2D eigenvalue weighted by atomic mass is 10.1. The molecule has 1 amide bonds. The smallest absolute Gasteiger partial charge is 0.260 e. The van der Waals surface area contributed by atoms with Crippen LogP contribution in [0.25, 0.3) is 0 Å². The van der Waals surface area contributed by atoms with Crippen molar-refractivity contribution in [1.29, 1.82) is 0 Å². The van der Waals surface area contributed by atoms with Gasteiger partial charge in [-0.3, -0.25) is 4.79 Å². The number of hydrogen-bond donors (Lipinski definition) is 0. The molecule has 0 saturated carbocycles. The summed E-state index contributed by atoms with van der Waals surface area (Å²) in [6.45, 7) is 3.85. The summed E-state index contributed by atoms with van der Waals surface area (Å²) >= 11 is 0. The average Bonchev–Trinajstić information content (AvgIpc) is 2.77. The summed E-state index contributed by atoms with van der Waals surface area (Å²) in [7, 11) is -1.35. The van der Waals surface area contributed by atoms with Crippen LogP contribution in [0.15, 0.2) is 18.2 Å². The molecular weight excluding hydrogens is 290 g/mol. The van der Waals surface area contributed by atoms with Gasteiger partial charge in [-0.2, -0.15) is 0 Å². The van der Waals surface area contributed by atoms with E-state index in [2.05, 4.69) is 0 Å². The first-order valence-corrected chi connectivity index (χ1v) is 8.77. The summed E-state index contributed by atoms with van der Waals surface area (Å²) in [5.74, 6) is 0.699. The number of carbonyl (C=O) groups excluding carboxylic acids is 1. The van der Waals surface area contributed by atoms with Gasteiger partial charge in [-0.15, -0.1) is 0 Å². The summed E-state index contributed by atoms with van der Waals surface area (Å²) < 4.78 is 28.5. The Balaban J connectivity index is 1.92. The fraction of sp³-hybridized carbons (Fsp3) is 0.533. The Hall–Kier alpha value is -1.56. The van der Waals surface area contributed by atoms with Gasteiger partial charge in [0.05, 0.1) is 11.5 Å². The summed E-state index contributed by atoms with van der Waals surface area (Å²) in [6.07, 6.45) is 0.508. The highest BCUT2D eigenvalue weighted by molar-refractivity contribution is 7.91. The minimum Gasteiger partial charge on any atom is -0.484 e. The minimum absolute atomic E-state index is 0.0544. The van der Waals surface area contributed by atoms with Crippen molar-refractivity contribution in [3.63, 3.8) is 0 Å². The lowest BCUT2D eigenvalue weighted by Gasteiger charge is -2.23. The molecule has 0 aromatic heterocycles. The zero-order valence-corrected chi connectivity index (χ0v) is 13.4. The van der Waals surface area contributed by atoms with Crippen molar-refractivity contribution < 1.29 is 17.9 Å². The van der Waals surface area contributed by atoms with Gasteiger partial charge in [0.2, 0.25) is 0 Å². The maximum absolute atomic E-state index is 12.1. The average molecular weight is 311 g/mol. The lowest BCUT2D eigenvalue weighted by Crippen LogP contribution is -2.40. The van der Waals surface area contributed by atoms with Gasteiger partial charge in [0.25, 0.3) is 5.91 Å². The SMILES string of the molecule is Cc1ccc(OCC(=O)N(C)[C@H]2CCS(=O)(=O)C2)c(C)c1. The fourth-order valence-electron chi connectivity index (χ4n) is 2.49. The number of ether oxygens (including phenoxy) is 1. The highest BCUT2D eigenvalue weighted by atomic mass is 32.2. The number of aryl methyl sites for hydroxylation is 2. The van der Waals surface area contributed by atoms with Gasteiger partial charge in [0, 0.05) is 13.1 Å². The third kappa shape index (κ3) is 3.97. The summed E-state index contributed by atoms with van der Waals surface area (Å²) in [6, 6.07) is 5.54. The largest absolute Gasteiger partial charge is 0.484 e. The second-order valence-corrected chi connectivity index (χ2v) is 7.85. The van der Waals surface area contributed by atoms with Crippen LogP contribution in [0.4, 0.5) is 0 Å². The molecule has 1 aliphatic heterocycles. The van der Waals surface area contributed by atoms with E-state index < -0.39 is 9.84 Å². The second-order valence-electron chi connectivity index (χ2n) is 5.62. The van der Waals surface area contributed by atoms with Crippen molar-refractivity contribution in [2.45, 2.75) is 26.3 Å². The number of carbonyl (C=O) groups is 1. The van der Waals surface area contributed by atoms with Crippen LogP contribution in [0.5, 0.6) is 5.75 Å². The van der Waals surface area contributed by atoms with Gasteiger partial charge in [-0.1, -0.05) is 17.7 Å². The zero-order valence-electron chi connectivity index (χ0n) is 12.6. The van der Waals surface area contributed by atoms with Crippen molar-refractivity contribution >= 4 is 15.7 Å². The third-order valence-electron chi connectivity index (χ3n) is 3.83. The Morgan fingerprint density at radius 3 is 2.67 bits per heavy atom. The number of sulfone groups is 1. The highest BCUT2D eigenvalue weighted by Crippen LogP contribution is 2.20. The molecule has 1 atom stereocenters. The Labute approximate surface area is 125 Å². The van der Waals surface area contributed by atoms with E-state index in [1.807, 2.05) is 32.0 Å². The van der Waals surface area contributed by atoms with E-state index in [9.17, 15) is 13.2 Å². The van der Waals surface area contributed by atoms with E-state index >= 15 is 0 Å². The Morgan fingerprint density at radius 2 is 2.10 bits per heavy atom. The molecule has 0 aliphatic carbocycles. The molecule has 0 spiro atoms. The number of benzene rings is 1. The van der Waals surface area contributed by atoms with Gasteiger partial charge in [0.1, 0.15) is 5.75 Å². The topological polar surface area (TPSA) is 63.7 Å². The Kier molecular flexibility index (Phi) is 4.56. The number of nitrogens with zero attached hydrogens (tertiary/aromatic N) is 1. The quantitative estimate of drug-likeness (QED) is 0.841. The zero-order chi connectivity index (χ0) is 15.6. The molecular formula is C15H21NO4S. The third-order valence-corrected chi connectivity index (χ3v) is 5.58. The number of amides is 1. The van der Waals surface area contributed by atoms with Crippen LogP contribution in [-0.4, -0.2) is 50.4 Å². The van der Waals surface area contributed by atoms with Crippen molar-refractivity contribution in [3.8, 4) is 5.75 Å². The van der Waals surface area contributed by atoms with Crippen LogP contribution in [-0.2, 0) is 14.6 Å². The first-order valence-electron chi connectivity index (χ1n) is 6.94. The van der Waals surface area contributed by atoms with Gasteiger partial charge in [0.15, 0.2) is 16.4 Å². The monoisotopic (exact) mass is 311 g/mol. The molecule has 116 valence electrons. The molecule has 5 nitrogen and oxygen atoms in total. The van der Waals surface area contributed by atoms with Gasteiger partial charge in [-0.25, -0.2) is 8.42 Å². The first-order chi connectivity index (χ1) is 9.78. The van der Waals surface area contributed by atoms with Crippen LogP contribution in [0.1, 0.15) is 17.5 Å². The molecule has 1 heterocycles. The molecule has 0 radical (unpaired) electrons. The van der Waals surface area contributed by atoms with Crippen LogP contribution in [0.3, 0.4) is 0 Å². The molecule has 21 heavy (non-hydrogen) atoms. The van der Waals surface area contributed by atoms with Gasteiger partial charge < -0.3 is 9.64 Å². The standard InChI is InChI=1S/C15H21NO4S/c1-11-4-5-14(12(2)8-11)20-9-15(17)16(3)13-6-7-21(18,19)10-13/h4-5,8,13H,6-7,9-10H2,1-3H3/t13-/m0/s1. The maximum atomic E-state index is 12.1. The van der Waals surface area contributed by atoms with Crippen LogP contribution < -0.4 is 4.74 Å². The van der Waals surface area contributed by atoms with E-state index in [4.69, 9.17) is 4.74 Å². The van der Waals surface area contributed by atoms with Crippen molar-refractivity contribution in [2.24, 2.45) is 0 Å². The molecule has 1 aliphatic rings. The predicted molar refractivity (Wildman–Crippen MR) is 81.2 cm³/mol. The van der Waals surface area contributed by atoms with Crippen LogP contribution in [0.2, 0.25) is 0 Å². The number of likely N-dealkylation sites (N-methyl/N-ethyl adjacent to an activating group) is 1. The van der Waals surface area contributed by atoms with Crippen LogP contribution >= 0.6 is 0 Å². The summed E-state index contributed by atoms with van der Waals surface area (Å²) in [5, 5.41) is 0. The molecule has 6 heteroatoms. The summed E-state index contributed by atoms with van der Waals surface area (Å²) in [5.41, 5.74) is 2.12. The highest BCUT2D eigenvalue weighted by Gasteiger charge is 2.32. The van der Waals surface area contributed by atoms with Crippen molar-refractivity contribution in [1.82, 2.24) is 4.90 Å². The molecule has 0 N–H and O–H groups in total. The van der Waals surface area contributed by atoms with E-state index in [0.717, 1.165) is 11.1 Å². The number of rotatable bonds is 4. The van der Waals surface area contributed by atoms with Gasteiger partial charge in [-0.05, 0) is 31.9 Å². The molecule has 0 bridgehead atoms. The molecule has 0 unspecified atom stereocenters. The van der Waals surface area contributed by atoms with E-state index in [1.54, 1.807) is 7.05 Å². The first kappa shape index (κ1) is 15.8. The molecule has 1 aromatic rings. The second kappa shape index (κ2) is 6.05. The van der Waals surface area contributed by atoms with E-state index in [0.29, 0.717) is 12.2 Å². The maximum Gasteiger partial charge on any atom is 0.260 e. The molecule has 2 rings (SSSR count).